The largest absolute Gasteiger partial charge is 0.493 e. The zero-order valence-electron chi connectivity index (χ0n) is 11.9. The van der Waals surface area contributed by atoms with Crippen LogP contribution in [-0.2, 0) is 5.75 Å². The number of halogens is 2. The molecule has 0 unspecified atom stereocenters. The van der Waals surface area contributed by atoms with Crippen molar-refractivity contribution in [2.75, 3.05) is 0 Å². The standard InChI is InChI=1S/C17H12ClFN2OS/c18-13-6-2-1-4-10(13)9-23-17-11-5-3-7-14(19)15(11)12(8-20)16(22)21-17/h1-8,20H,9H2,(H,21,22). The van der Waals surface area contributed by atoms with E-state index in [4.69, 9.17) is 17.0 Å². The van der Waals surface area contributed by atoms with Gasteiger partial charge in [-0.15, -0.1) is 11.8 Å². The molecular weight excluding hydrogens is 335 g/mol. The van der Waals surface area contributed by atoms with Gasteiger partial charge in [0.25, 0.3) is 0 Å². The van der Waals surface area contributed by atoms with Crippen LogP contribution in [0.3, 0.4) is 0 Å². The van der Waals surface area contributed by atoms with E-state index in [9.17, 15) is 9.50 Å². The van der Waals surface area contributed by atoms with Crippen molar-refractivity contribution in [3.8, 4) is 5.88 Å². The summed E-state index contributed by atoms with van der Waals surface area (Å²) in [6, 6.07) is 12.1. The third-order valence-corrected chi connectivity index (χ3v) is 4.84. The highest BCUT2D eigenvalue weighted by Crippen LogP contribution is 2.35. The number of aromatic nitrogens is 1. The predicted octanol–water partition coefficient (Wildman–Crippen LogP) is 5.02. The number of hydrogen-bond acceptors (Lipinski definition) is 4. The molecule has 1 aromatic heterocycles. The summed E-state index contributed by atoms with van der Waals surface area (Å²) in [7, 11) is 0. The van der Waals surface area contributed by atoms with Crippen LogP contribution < -0.4 is 0 Å². The Labute approximate surface area is 141 Å². The molecule has 0 fully saturated rings. The van der Waals surface area contributed by atoms with E-state index in [1.54, 1.807) is 18.2 Å². The van der Waals surface area contributed by atoms with Gasteiger partial charge in [-0.05, 0) is 17.7 Å². The van der Waals surface area contributed by atoms with E-state index in [-0.39, 0.29) is 16.8 Å². The zero-order chi connectivity index (χ0) is 16.4. The molecule has 116 valence electrons. The molecule has 0 aliphatic heterocycles. The van der Waals surface area contributed by atoms with Gasteiger partial charge >= 0.3 is 0 Å². The number of rotatable bonds is 4. The van der Waals surface area contributed by atoms with Gasteiger partial charge in [0.1, 0.15) is 10.8 Å². The first-order valence-electron chi connectivity index (χ1n) is 6.79. The molecule has 0 radical (unpaired) electrons. The summed E-state index contributed by atoms with van der Waals surface area (Å²) in [4.78, 5) is 4.12. The van der Waals surface area contributed by atoms with Gasteiger partial charge in [-0.25, -0.2) is 9.37 Å². The summed E-state index contributed by atoms with van der Waals surface area (Å²) in [6.07, 6.45) is 0.913. The lowest BCUT2D eigenvalue weighted by atomic mass is 10.1. The number of aromatic hydroxyl groups is 1. The number of pyridine rings is 1. The van der Waals surface area contributed by atoms with Gasteiger partial charge < -0.3 is 10.5 Å². The molecule has 0 bridgehead atoms. The Bertz CT molecular complexity index is 901. The number of benzene rings is 2. The highest BCUT2D eigenvalue weighted by molar-refractivity contribution is 7.98. The van der Waals surface area contributed by atoms with Crippen molar-refractivity contribution < 1.29 is 9.50 Å². The smallest absolute Gasteiger partial charge is 0.221 e. The maximum Gasteiger partial charge on any atom is 0.221 e. The molecule has 1 heterocycles. The SMILES string of the molecule is N=Cc1c(O)nc(SCc2ccccc2Cl)c2cccc(F)c12. The summed E-state index contributed by atoms with van der Waals surface area (Å²) in [5.74, 6) is -0.292. The van der Waals surface area contributed by atoms with Crippen LogP contribution in [0, 0.1) is 11.2 Å². The van der Waals surface area contributed by atoms with Crippen LogP contribution in [0.25, 0.3) is 10.8 Å². The van der Waals surface area contributed by atoms with Crippen molar-refractivity contribution in [3.63, 3.8) is 0 Å². The van der Waals surface area contributed by atoms with E-state index >= 15 is 0 Å². The van der Waals surface area contributed by atoms with Crippen LogP contribution in [0.2, 0.25) is 5.02 Å². The summed E-state index contributed by atoms with van der Waals surface area (Å²) in [6.45, 7) is 0. The maximum atomic E-state index is 14.1. The quantitative estimate of drug-likeness (QED) is 0.515. The fourth-order valence-electron chi connectivity index (χ4n) is 2.31. The second kappa shape index (κ2) is 6.56. The van der Waals surface area contributed by atoms with Crippen LogP contribution in [0.15, 0.2) is 47.5 Å². The molecule has 6 heteroatoms. The van der Waals surface area contributed by atoms with Gasteiger partial charge in [0.2, 0.25) is 5.88 Å². The van der Waals surface area contributed by atoms with E-state index in [0.29, 0.717) is 21.2 Å². The van der Waals surface area contributed by atoms with Gasteiger partial charge in [0, 0.05) is 27.8 Å². The van der Waals surface area contributed by atoms with Crippen molar-refractivity contribution in [3.05, 3.63) is 64.4 Å². The molecule has 0 aliphatic rings. The van der Waals surface area contributed by atoms with E-state index in [0.717, 1.165) is 11.8 Å². The molecule has 3 aromatic rings. The molecule has 0 aliphatic carbocycles. The van der Waals surface area contributed by atoms with Crippen LogP contribution in [0.4, 0.5) is 4.39 Å². The lowest BCUT2D eigenvalue weighted by Crippen LogP contribution is -1.95. The van der Waals surface area contributed by atoms with Crippen molar-refractivity contribution in [1.82, 2.24) is 4.98 Å². The van der Waals surface area contributed by atoms with Crippen LogP contribution in [0.5, 0.6) is 5.88 Å². The molecule has 0 saturated carbocycles. The molecule has 23 heavy (non-hydrogen) atoms. The molecule has 3 nitrogen and oxygen atoms in total. The maximum absolute atomic E-state index is 14.1. The van der Waals surface area contributed by atoms with Crippen LogP contribution in [0.1, 0.15) is 11.1 Å². The van der Waals surface area contributed by atoms with Crippen molar-refractivity contribution in [1.29, 1.82) is 5.41 Å². The van der Waals surface area contributed by atoms with Crippen LogP contribution >= 0.6 is 23.4 Å². The summed E-state index contributed by atoms with van der Waals surface area (Å²) < 4.78 is 14.1. The average Bonchev–Trinajstić information content (AvgIpc) is 2.54. The first-order chi connectivity index (χ1) is 11.1. The molecular formula is C17H12ClFN2OS. The number of nitrogens with one attached hydrogen (secondary N) is 1. The first kappa shape index (κ1) is 15.8. The normalized spacial score (nSPS) is 10.9. The Balaban J connectivity index is 2.06. The monoisotopic (exact) mass is 346 g/mol. The average molecular weight is 347 g/mol. The molecule has 0 amide bonds. The van der Waals surface area contributed by atoms with Crippen molar-refractivity contribution in [2.45, 2.75) is 10.8 Å². The summed E-state index contributed by atoms with van der Waals surface area (Å²) in [5.41, 5.74) is 1.02. The fourth-order valence-corrected chi connectivity index (χ4v) is 3.62. The topological polar surface area (TPSA) is 57.0 Å². The lowest BCUT2D eigenvalue weighted by molar-refractivity contribution is 0.449. The van der Waals surface area contributed by atoms with Gasteiger partial charge in [0.15, 0.2) is 0 Å². The first-order valence-corrected chi connectivity index (χ1v) is 8.16. The Morgan fingerprint density at radius 3 is 2.74 bits per heavy atom. The predicted molar refractivity (Wildman–Crippen MR) is 92.3 cm³/mol. The fraction of sp³-hybridized carbons (Fsp3) is 0.0588. The Morgan fingerprint density at radius 2 is 2.00 bits per heavy atom. The highest BCUT2D eigenvalue weighted by Gasteiger charge is 2.16. The number of nitrogens with zero attached hydrogens (tertiary/aromatic N) is 1. The lowest BCUT2D eigenvalue weighted by Gasteiger charge is -2.11. The number of hydrogen-bond donors (Lipinski definition) is 2. The molecule has 0 saturated heterocycles. The van der Waals surface area contributed by atoms with Crippen molar-refractivity contribution >= 4 is 40.3 Å². The third-order valence-electron chi connectivity index (χ3n) is 3.43. The van der Waals surface area contributed by atoms with Crippen LogP contribution in [-0.4, -0.2) is 16.3 Å². The molecule has 2 aromatic carbocycles. The van der Waals surface area contributed by atoms with Gasteiger partial charge in [-0.3, -0.25) is 0 Å². The Kier molecular flexibility index (Phi) is 4.50. The second-order valence-electron chi connectivity index (χ2n) is 4.84. The summed E-state index contributed by atoms with van der Waals surface area (Å²) in [5, 5.41) is 19.3. The molecule has 0 atom stereocenters. The molecule has 3 rings (SSSR count). The van der Waals surface area contributed by atoms with E-state index in [1.807, 2.05) is 18.2 Å². The minimum absolute atomic E-state index is 0.0835. The number of thioether (sulfide) groups is 1. The number of fused-ring (bicyclic) bond motifs is 1. The third kappa shape index (κ3) is 3.02. The highest BCUT2D eigenvalue weighted by atomic mass is 35.5. The molecule has 2 N–H and O–H groups in total. The Hall–Kier alpha value is -2.11. The Morgan fingerprint density at radius 1 is 1.22 bits per heavy atom. The molecule has 0 spiro atoms. The van der Waals surface area contributed by atoms with E-state index in [2.05, 4.69) is 4.98 Å². The summed E-state index contributed by atoms with van der Waals surface area (Å²) >= 11 is 7.50. The second-order valence-corrected chi connectivity index (χ2v) is 6.21. The minimum Gasteiger partial charge on any atom is -0.493 e. The van der Waals surface area contributed by atoms with E-state index < -0.39 is 5.82 Å². The van der Waals surface area contributed by atoms with E-state index in [1.165, 1.54) is 17.8 Å². The van der Waals surface area contributed by atoms with Gasteiger partial charge in [-0.1, -0.05) is 41.9 Å². The van der Waals surface area contributed by atoms with Gasteiger partial charge in [-0.2, -0.15) is 0 Å². The van der Waals surface area contributed by atoms with Crippen molar-refractivity contribution in [2.24, 2.45) is 0 Å². The zero-order valence-corrected chi connectivity index (χ0v) is 13.5. The van der Waals surface area contributed by atoms with Gasteiger partial charge in [0.05, 0.1) is 5.56 Å². The minimum atomic E-state index is -0.488.